The first-order valence-electron chi connectivity index (χ1n) is 3.51. The number of β-amino-alcohol motifs (C(OH)–C–C–N with tert-alkyl or cyclic N) is 2. The number of aliphatic hydroxyl groups is 4. The van der Waals surface area contributed by atoms with Gasteiger partial charge in [0.05, 0.1) is 12.7 Å². The molecule has 1 aliphatic heterocycles. The second kappa shape index (κ2) is 3.04. The largest absolute Gasteiger partial charge is 0.394 e. The average molecular weight is 163 g/mol. The van der Waals surface area contributed by atoms with Gasteiger partial charge < -0.3 is 25.7 Å². The van der Waals surface area contributed by atoms with Crippen molar-refractivity contribution in [2.24, 2.45) is 0 Å². The van der Waals surface area contributed by atoms with E-state index in [0.717, 1.165) is 0 Å². The summed E-state index contributed by atoms with van der Waals surface area (Å²) in [7, 11) is 0. The molecule has 1 rings (SSSR count). The Labute approximate surface area is 64.3 Å². The average Bonchev–Trinajstić information content (AvgIpc) is 2.32. The molecule has 0 saturated carbocycles. The summed E-state index contributed by atoms with van der Waals surface area (Å²) in [5, 5.41) is 39.0. The molecule has 3 atom stereocenters. The van der Waals surface area contributed by atoms with E-state index in [2.05, 4.69) is 5.32 Å². The van der Waals surface area contributed by atoms with Crippen LogP contribution in [0.4, 0.5) is 0 Å². The maximum absolute atomic E-state index is 9.51. The zero-order chi connectivity index (χ0) is 8.48. The van der Waals surface area contributed by atoms with E-state index in [1.54, 1.807) is 0 Å². The highest BCUT2D eigenvalue weighted by atomic mass is 16.4. The van der Waals surface area contributed by atoms with Crippen LogP contribution in [-0.4, -0.2) is 57.9 Å². The second-order valence-corrected chi connectivity index (χ2v) is 2.84. The summed E-state index contributed by atoms with van der Waals surface area (Å²) in [5.74, 6) is 0. The van der Waals surface area contributed by atoms with Gasteiger partial charge in [0.25, 0.3) is 0 Å². The lowest BCUT2D eigenvalue weighted by atomic mass is 9.94. The van der Waals surface area contributed by atoms with E-state index < -0.39 is 24.4 Å². The molecule has 0 spiro atoms. The molecule has 0 bridgehead atoms. The molecule has 1 saturated heterocycles. The molecular formula is C6H13NO4. The molecule has 0 aromatic carbocycles. The lowest BCUT2D eigenvalue weighted by Crippen LogP contribution is -2.53. The quantitative estimate of drug-likeness (QED) is 0.300. The van der Waals surface area contributed by atoms with Gasteiger partial charge in [0.2, 0.25) is 0 Å². The van der Waals surface area contributed by atoms with Crippen molar-refractivity contribution in [3.63, 3.8) is 0 Å². The van der Waals surface area contributed by atoms with Gasteiger partial charge in [-0.05, 0) is 0 Å². The van der Waals surface area contributed by atoms with Gasteiger partial charge in [0.15, 0.2) is 0 Å². The van der Waals surface area contributed by atoms with Crippen molar-refractivity contribution in [2.45, 2.75) is 17.8 Å². The topological polar surface area (TPSA) is 93.0 Å². The van der Waals surface area contributed by atoms with Crippen molar-refractivity contribution in [1.82, 2.24) is 5.32 Å². The molecule has 0 aliphatic carbocycles. The highest BCUT2D eigenvalue weighted by Crippen LogP contribution is 2.19. The Kier molecular flexibility index (Phi) is 2.46. The highest BCUT2D eigenvalue weighted by molar-refractivity contribution is 5.00. The Balaban J connectivity index is 2.64. The summed E-state index contributed by atoms with van der Waals surface area (Å²) in [4.78, 5) is 0. The highest BCUT2D eigenvalue weighted by Gasteiger charge is 2.45. The zero-order valence-electron chi connectivity index (χ0n) is 6.06. The van der Waals surface area contributed by atoms with E-state index in [1.165, 1.54) is 0 Å². The third-order valence-corrected chi connectivity index (χ3v) is 2.07. The minimum atomic E-state index is -1.59. The number of hydrogen-bond donors (Lipinski definition) is 5. The Bertz CT molecular complexity index is 143. The third-order valence-electron chi connectivity index (χ3n) is 2.07. The van der Waals surface area contributed by atoms with Crippen LogP contribution in [0.3, 0.4) is 0 Å². The standard InChI is InChI=1S/C6H13NO4/c8-2-5(10)6(11)3-7-1-4(6)9/h4-5,7-11H,1-3H2/t4-,5+,6-/m0/s1. The SMILES string of the molecule is OC[C@@H](O)[C@]1(O)CNC[C@@H]1O. The number of nitrogens with one attached hydrogen (secondary N) is 1. The monoisotopic (exact) mass is 163 g/mol. The normalized spacial score (nSPS) is 40.9. The fraction of sp³-hybridized carbons (Fsp3) is 1.00. The molecule has 5 N–H and O–H groups in total. The van der Waals surface area contributed by atoms with Crippen molar-refractivity contribution in [2.75, 3.05) is 19.7 Å². The van der Waals surface area contributed by atoms with Crippen molar-refractivity contribution < 1.29 is 20.4 Å². The molecule has 0 amide bonds. The lowest BCUT2D eigenvalue weighted by Gasteiger charge is -2.29. The van der Waals surface area contributed by atoms with Gasteiger partial charge in [0.1, 0.15) is 11.7 Å². The zero-order valence-corrected chi connectivity index (χ0v) is 6.06. The minimum Gasteiger partial charge on any atom is -0.394 e. The van der Waals surface area contributed by atoms with Gasteiger partial charge in [-0.1, -0.05) is 0 Å². The van der Waals surface area contributed by atoms with Gasteiger partial charge in [-0.2, -0.15) is 0 Å². The molecule has 1 fully saturated rings. The van der Waals surface area contributed by atoms with Crippen LogP contribution in [-0.2, 0) is 0 Å². The van der Waals surface area contributed by atoms with Crippen molar-refractivity contribution >= 4 is 0 Å². The first kappa shape index (κ1) is 8.89. The smallest absolute Gasteiger partial charge is 0.132 e. The lowest BCUT2D eigenvalue weighted by molar-refractivity contribution is -0.132. The molecule has 1 heterocycles. The second-order valence-electron chi connectivity index (χ2n) is 2.84. The van der Waals surface area contributed by atoms with E-state index in [0.29, 0.717) is 0 Å². The maximum atomic E-state index is 9.51. The van der Waals surface area contributed by atoms with E-state index in [9.17, 15) is 5.11 Å². The Morgan fingerprint density at radius 3 is 2.64 bits per heavy atom. The molecule has 0 radical (unpaired) electrons. The summed E-state index contributed by atoms with van der Waals surface area (Å²) in [6.45, 7) is -0.196. The predicted molar refractivity (Wildman–Crippen MR) is 36.9 cm³/mol. The van der Waals surface area contributed by atoms with Gasteiger partial charge in [-0.25, -0.2) is 0 Å². The van der Waals surface area contributed by atoms with E-state index in [1.807, 2.05) is 0 Å². The van der Waals surface area contributed by atoms with Crippen molar-refractivity contribution in [3.8, 4) is 0 Å². The summed E-state index contributed by atoms with van der Waals surface area (Å²) in [6, 6.07) is 0. The molecule has 0 aromatic rings. The Morgan fingerprint density at radius 2 is 2.27 bits per heavy atom. The minimum absolute atomic E-state index is 0.107. The number of rotatable bonds is 2. The maximum Gasteiger partial charge on any atom is 0.132 e. The Hall–Kier alpha value is -0.200. The number of hydrogen-bond acceptors (Lipinski definition) is 5. The first-order valence-corrected chi connectivity index (χ1v) is 3.51. The van der Waals surface area contributed by atoms with Crippen molar-refractivity contribution in [1.29, 1.82) is 0 Å². The van der Waals surface area contributed by atoms with Crippen LogP contribution in [0, 0.1) is 0 Å². The molecule has 11 heavy (non-hydrogen) atoms. The van der Waals surface area contributed by atoms with E-state index in [4.69, 9.17) is 15.3 Å². The molecule has 0 unspecified atom stereocenters. The molecule has 66 valence electrons. The van der Waals surface area contributed by atoms with E-state index >= 15 is 0 Å². The summed E-state index contributed by atoms with van der Waals surface area (Å²) in [5.41, 5.74) is -1.59. The van der Waals surface area contributed by atoms with Crippen LogP contribution in [0.15, 0.2) is 0 Å². The van der Waals surface area contributed by atoms with Gasteiger partial charge >= 0.3 is 0 Å². The van der Waals surface area contributed by atoms with Crippen LogP contribution in [0.1, 0.15) is 0 Å². The van der Waals surface area contributed by atoms with Crippen LogP contribution < -0.4 is 5.32 Å². The Morgan fingerprint density at radius 1 is 1.64 bits per heavy atom. The number of aliphatic hydroxyl groups excluding tert-OH is 3. The first-order chi connectivity index (χ1) is 5.11. The summed E-state index contributed by atoms with van der Waals surface area (Å²) >= 11 is 0. The summed E-state index contributed by atoms with van der Waals surface area (Å²) < 4.78 is 0. The summed E-state index contributed by atoms with van der Waals surface area (Å²) in [6.07, 6.45) is -2.29. The van der Waals surface area contributed by atoms with Crippen LogP contribution in [0.25, 0.3) is 0 Å². The third kappa shape index (κ3) is 1.38. The van der Waals surface area contributed by atoms with Crippen LogP contribution in [0.2, 0.25) is 0 Å². The predicted octanol–water partition coefficient (Wildman–Crippen LogP) is -2.97. The van der Waals surface area contributed by atoms with Gasteiger partial charge in [0, 0.05) is 13.1 Å². The molecule has 0 aromatic heterocycles. The van der Waals surface area contributed by atoms with Crippen LogP contribution in [0.5, 0.6) is 0 Å². The van der Waals surface area contributed by atoms with Gasteiger partial charge in [-0.3, -0.25) is 0 Å². The molecule has 5 heteroatoms. The molecular weight excluding hydrogens is 150 g/mol. The van der Waals surface area contributed by atoms with E-state index in [-0.39, 0.29) is 13.1 Å². The van der Waals surface area contributed by atoms with Gasteiger partial charge in [-0.15, -0.1) is 0 Å². The fourth-order valence-corrected chi connectivity index (χ4v) is 1.20. The van der Waals surface area contributed by atoms with Crippen LogP contribution >= 0.6 is 0 Å². The van der Waals surface area contributed by atoms with Crippen molar-refractivity contribution in [3.05, 3.63) is 0 Å². The molecule has 5 nitrogen and oxygen atoms in total. The molecule has 1 aliphatic rings. The fourth-order valence-electron chi connectivity index (χ4n) is 1.20.